The van der Waals surface area contributed by atoms with Crippen LogP contribution in [0.25, 0.3) is 0 Å². The van der Waals surface area contributed by atoms with Gasteiger partial charge in [0.1, 0.15) is 0 Å². The van der Waals surface area contributed by atoms with Crippen LogP contribution in [-0.4, -0.2) is 12.6 Å². The molecule has 0 aromatic heterocycles. The SMILES string of the molecule is CCCCOC(=O)c1cc(N)ccc1Cl. The number of hydrogen-bond acceptors (Lipinski definition) is 3. The Kier molecular flexibility index (Phi) is 4.43. The molecule has 1 aromatic carbocycles. The lowest BCUT2D eigenvalue weighted by molar-refractivity contribution is 0.0500. The maximum atomic E-state index is 11.5. The number of nitrogens with two attached hydrogens (primary N) is 1. The topological polar surface area (TPSA) is 52.3 Å². The third-order valence-corrected chi connectivity index (χ3v) is 2.27. The number of unbranched alkanes of at least 4 members (excludes halogenated alkanes) is 1. The maximum absolute atomic E-state index is 11.5. The lowest BCUT2D eigenvalue weighted by atomic mass is 10.2. The first-order valence-electron chi connectivity index (χ1n) is 4.87. The molecule has 0 saturated heterocycles. The van der Waals surface area contributed by atoms with E-state index in [4.69, 9.17) is 22.1 Å². The molecule has 0 heterocycles. The van der Waals surface area contributed by atoms with Crippen molar-refractivity contribution in [2.75, 3.05) is 12.3 Å². The highest BCUT2D eigenvalue weighted by atomic mass is 35.5. The number of rotatable bonds is 4. The summed E-state index contributed by atoms with van der Waals surface area (Å²) in [7, 11) is 0. The molecular formula is C11H14ClNO2. The largest absolute Gasteiger partial charge is 0.462 e. The first kappa shape index (κ1) is 11.9. The van der Waals surface area contributed by atoms with Crippen molar-refractivity contribution in [1.82, 2.24) is 0 Å². The van der Waals surface area contributed by atoms with Crippen molar-refractivity contribution < 1.29 is 9.53 Å². The van der Waals surface area contributed by atoms with E-state index in [1.807, 2.05) is 6.92 Å². The smallest absolute Gasteiger partial charge is 0.339 e. The minimum atomic E-state index is -0.416. The van der Waals surface area contributed by atoms with Crippen LogP contribution < -0.4 is 5.73 Å². The monoisotopic (exact) mass is 227 g/mol. The Morgan fingerprint density at radius 2 is 2.27 bits per heavy atom. The summed E-state index contributed by atoms with van der Waals surface area (Å²) >= 11 is 5.85. The molecule has 0 aliphatic carbocycles. The fraction of sp³-hybridized carbons (Fsp3) is 0.364. The van der Waals surface area contributed by atoms with Crippen LogP contribution >= 0.6 is 11.6 Å². The van der Waals surface area contributed by atoms with Gasteiger partial charge in [0, 0.05) is 5.69 Å². The highest BCUT2D eigenvalue weighted by Crippen LogP contribution is 2.19. The van der Waals surface area contributed by atoms with Gasteiger partial charge in [0.15, 0.2) is 0 Å². The molecule has 4 heteroatoms. The molecule has 0 unspecified atom stereocenters. The second-order valence-electron chi connectivity index (χ2n) is 3.23. The molecule has 2 N–H and O–H groups in total. The Bertz CT molecular complexity index is 352. The number of benzene rings is 1. The summed E-state index contributed by atoms with van der Waals surface area (Å²) in [6.07, 6.45) is 1.84. The lowest BCUT2D eigenvalue weighted by Gasteiger charge is -2.06. The molecule has 0 amide bonds. The molecule has 3 nitrogen and oxygen atoms in total. The van der Waals surface area contributed by atoms with Gasteiger partial charge in [-0.2, -0.15) is 0 Å². The molecule has 0 atom stereocenters. The zero-order valence-corrected chi connectivity index (χ0v) is 9.38. The second kappa shape index (κ2) is 5.61. The van der Waals surface area contributed by atoms with Crippen molar-refractivity contribution in [3.8, 4) is 0 Å². The van der Waals surface area contributed by atoms with Crippen LogP contribution in [0.2, 0.25) is 5.02 Å². The molecule has 1 rings (SSSR count). The third-order valence-electron chi connectivity index (χ3n) is 1.94. The summed E-state index contributed by atoms with van der Waals surface area (Å²) in [6, 6.07) is 4.76. The Morgan fingerprint density at radius 3 is 2.93 bits per heavy atom. The number of halogens is 1. The van der Waals surface area contributed by atoms with Crippen LogP contribution in [0.1, 0.15) is 30.1 Å². The van der Waals surface area contributed by atoms with Gasteiger partial charge in [-0.25, -0.2) is 4.79 Å². The minimum absolute atomic E-state index is 0.327. The molecule has 0 spiro atoms. The molecule has 82 valence electrons. The predicted molar refractivity (Wildman–Crippen MR) is 61.1 cm³/mol. The van der Waals surface area contributed by atoms with E-state index in [0.29, 0.717) is 22.9 Å². The van der Waals surface area contributed by atoms with Crippen molar-refractivity contribution >= 4 is 23.3 Å². The van der Waals surface area contributed by atoms with Gasteiger partial charge in [0.05, 0.1) is 17.2 Å². The van der Waals surface area contributed by atoms with Crippen molar-refractivity contribution in [3.05, 3.63) is 28.8 Å². The van der Waals surface area contributed by atoms with Gasteiger partial charge in [-0.1, -0.05) is 24.9 Å². The van der Waals surface area contributed by atoms with E-state index in [-0.39, 0.29) is 0 Å². The number of nitrogen functional groups attached to an aromatic ring is 1. The number of carbonyl (C=O) groups excluding carboxylic acids is 1. The molecule has 0 radical (unpaired) electrons. The number of carbonyl (C=O) groups is 1. The molecule has 0 aliphatic heterocycles. The minimum Gasteiger partial charge on any atom is -0.462 e. The van der Waals surface area contributed by atoms with Crippen LogP contribution in [-0.2, 0) is 4.74 Å². The quantitative estimate of drug-likeness (QED) is 0.489. The molecule has 15 heavy (non-hydrogen) atoms. The highest BCUT2D eigenvalue weighted by molar-refractivity contribution is 6.33. The fourth-order valence-corrected chi connectivity index (χ4v) is 1.28. The van der Waals surface area contributed by atoms with Crippen LogP contribution in [0.3, 0.4) is 0 Å². The average Bonchev–Trinajstić information content (AvgIpc) is 2.22. The molecule has 0 bridgehead atoms. The Hall–Kier alpha value is -1.22. The summed E-state index contributed by atoms with van der Waals surface area (Å²) in [6.45, 7) is 2.45. The Balaban J connectivity index is 2.68. The zero-order chi connectivity index (χ0) is 11.3. The average molecular weight is 228 g/mol. The standard InChI is InChI=1S/C11H14ClNO2/c1-2-3-6-15-11(14)9-7-8(13)4-5-10(9)12/h4-5,7H,2-3,6,13H2,1H3. The molecule has 1 aromatic rings. The first-order chi connectivity index (χ1) is 7.15. The summed E-state index contributed by atoms with van der Waals surface area (Å²) < 4.78 is 5.03. The summed E-state index contributed by atoms with van der Waals surface area (Å²) in [4.78, 5) is 11.5. The van der Waals surface area contributed by atoms with Crippen molar-refractivity contribution in [1.29, 1.82) is 0 Å². The molecule has 0 fully saturated rings. The van der Waals surface area contributed by atoms with Crippen molar-refractivity contribution in [2.24, 2.45) is 0 Å². The summed E-state index contributed by atoms with van der Waals surface area (Å²) in [5, 5.41) is 0.366. The first-order valence-corrected chi connectivity index (χ1v) is 5.25. The van der Waals surface area contributed by atoms with Gasteiger partial charge < -0.3 is 10.5 Å². The highest BCUT2D eigenvalue weighted by Gasteiger charge is 2.11. The van der Waals surface area contributed by atoms with E-state index in [1.54, 1.807) is 12.1 Å². The lowest BCUT2D eigenvalue weighted by Crippen LogP contribution is -2.07. The van der Waals surface area contributed by atoms with Crippen LogP contribution in [0.5, 0.6) is 0 Å². The fourth-order valence-electron chi connectivity index (χ4n) is 1.09. The summed E-state index contributed by atoms with van der Waals surface area (Å²) in [5.74, 6) is -0.416. The van der Waals surface area contributed by atoms with Crippen LogP contribution in [0.4, 0.5) is 5.69 Å². The van der Waals surface area contributed by atoms with Gasteiger partial charge in [-0.3, -0.25) is 0 Å². The van der Waals surface area contributed by atoms with Crippen molar-refractivity contribution in [2.45, 2.75) is 19.8 Å². The van der Waals surface area contributed by atoms with E-state index in [9.17, 15) is 4.79 Å². The van der Waals surface area contributed by atoms with E-state index >= 15 is 0 Å². The predicted octanol–water partition coefficient (Wildman–Crippen LogP) is 2.88. The number of ether oxygens (including phenoxy) is 1. The molecule has 0 aliphatic rings. The second-order valence-corrected chi connectivity index (χ2v) is 3.64. The maximum Gasteiger partial charge on any atom is 0.339 e. The van der Waals surface area contributed by atoms with Crippen LogP contribution in [0.15, 0.2) is 18.2 Å². The van der Waals surface area contributed by atoms with Gasteiger partial charge in [0.25, 0.3) is 0 Å². The van der Waals surface area contributed by atoms with E-state index in [2.05, 4.69) is 0 Å². The normalized spacial score (nSPS) is 10.0. The third kappa shape index (κ3) is 3.44. The van der Waals surface area contributed by atoms with E-state index in [1.165, 1.54) is 6.07 Å². The number of hydrogen-bond donors (Lipinski definition) is 1. The van der Waals surface area contributed by atoms with Gasteiger partial charge in [-0.05, 0) is 24.6 Å². The molecular weight excluding hydrogens is 214 g/mol. The zero-order valence-electron chi connectivity index (χ0n) is 8.63. The number of esters is 1. The van der Waals surface area contributed by atoms with E-state index in [0.717, 1.165) is 12.8 Å². The van der Waals surface area contributed by atoms with Gasteiger partial charge in [0.2, 0.25) is 0 Å². The Morgan fingerprint density at radius 1 is 1.53 bits per heavy atom. The van der Waals surface area contributed by atoms with E-state index < -0.39 is 5.97 Å². The van der Waals surface area contributed by atoms with Gasteiger partial charge >= 0.3 is 5.97 Å². The number of anilines is 1. The summed E-state index contributed by atoms with van der Waals surface area (Å²) in [5.41, 5.74) is 6.38. The molecule has 0 saturated carbocycles. The van der Waals surface area contributed by atoms with Crippen LogP contribution in [0, 0.1) is 0 Å². The van der Waals surface area contributed by atoms with Gasteiger partial charge in [-0.15, -0.1) is 0 Å². The van der Waals surface area contributed by atoms with Crippen molar-refractivity contribution in [3.63, 3.8) is 0 Å². The Labute approximate surface area is 94.2 Å².